The third kappa shape index (κ3) is 3.80. The van der Waals surface area contributed by atoms with Crippen LogP contribution in [0.25, 0.3) is 0 Å². The molecule has 0 saturated heterocycles. The largest absolute Gasteiger partial charge is 0.395 e. The van der Waals surface area contributed by atoms with Gasteiger partial charge in [0.15, 0.2) is 5.11 Å². The SMILES string of the molecule is C[C@@H]1CCCC[C@H]1NC(=S)NCCO. The molecule has 1 rings (SSSR count). The fourth-order valence-electron chi connectivity index (χ4n) is 1.92. The van der Waals surface area contributed by atoms with E-state index in [2.05, 4.69) is 17.6 Å². The van der Waals surface area contributed by atoms with Crippen molar-refractivity contribution in [2.24, 2.45) is 5.92 Å². The molecule has 0 aromatic heterocycles. The quantitative estimate of drug-likeness (QED) is 0.616. The van der Waals surface area contributed by atoms with Crippen molar-refractivity contribution >= 4 is 17.3 Å². The van der Waals surface area contributed by atoms with Gasteiger partial charge in [0.25, 0.3) is 0 Å². The topological polar surface area (TPSA) is 44.3 Å². The maximum atomic E-state index is 8.62. The molecule has 14 heavy (non-hydrogen) atoms. The summed E-state index contributed by atoms with van der Waals surface area (Å²) < 4.78 is 0. The third-order valence-electron chi connectivity index (χ3n) is 2.83. The second-order valence-corrected chi connectivity index (χ2v) is 4.40. The normalized spacial score (nSPS) is 27.0. The third-order valence-corrected chi connectivity index (χ3v) is 3.09. The van der Waals surface area contributed by atoms with Crippen molar-refractivity contribution in [2.45, 2.75) is 38.6 Å². The Labute approximate surface area is 91.3 Å². The van der Waals surface area contributed by atoms with Crippen LogP contribution in [-0.4, -0.2) is 29.4 Å². The molecule has 2 atom stereocenters. The number of aliphatic hydroxyl groups excluding tert-OH is 1. The minimum Gasteiger partial charge on any atom is -0.395 e. The summed E-state index contributed by atoms with van der Waals surface area (Å²) in [6.45, 7) is 2.93. The predicted octanol–water partition coefficient (Wildman–Crippen LogP) is 1.02. The Morgan fingerprint density at radius 1 is 1.43 bits per heavy atom. The summed E-state index contributed by atoms with van der Waals surface area (Å²) >= 11 is 5.12. The first-order chi connectivity index (χ1) is 6.74. The second kappa shape index (κ2) is 6.19. The molecule has 1 aliphatic rings. The van der Waals surface area contributed by atoms with Crippen molar-refractivity contribution in [3.8, 4) is 0 Å². The molecule has 0 aromatic rings. The second-order valence-electron chi connectivity index (χ2n) is 3.99. The Hall–Kier alpha value is -0.350. The molecule has 1 fully saturated rings. The molecule has 82 valence electrons. The molecule has 0 aromatic carbocycles. The first-order valence-electron chi connectivity index (χ1n) is 5.39. The molecule has 0 unspecified atom stereocenters. The van der Waals surface area contributed by atoms with Crippen molar-refractivity contribution in [3.05, 3.63) is 0 Å². The number of aliphatic hydroxyl groups is 1. The maximum Gasteiger partial charge on any atom is 0.166 e. The van der Waals surface area contributed by atoms with E-state index in [1.807, 2.05) is 0 Å². The minimum atomic E-state index is 0.127. The van der Waals surface area contributed by atoms with Gasteiger partial charge in [0, 0.05) is 12.6 Å². The van der Waals surface area contributed by atoms with Crippen molar-refractivity contribution < 1.29 is 5.11 Å². The van der Waals surface area contributed by atoms with Gasteiger partial charge >= 0.3 is 0 Å². The van der Waals surface area contributed by atoms with Crippen LogP contribution in [0.4, 0.5) is 0 Å². The van der Waals surface area contributed by atoms with Crippen LogP contribution in [0.3, 0.4) is 0 Å². The molecule has 3 N–H and O–H groups in total. The van der Waals surface area contributed by atoms with Gasteiger partial charge in [-0.1, -0.05) is 19.8 Å². The van der Waals surface area contributed by atoms with Gasteiger partial charge in [-0.15, -0.1) is 0 Å². The molecule has 0 amide bonds. The lowest BCUT2D eigenvalue weighted by atomic mass is 9.86. The highest BCUT2D eigenvalue weighted by Crippen LogP contribution is 2.23. The summed E-state index contributed by atoms with van der Waals surface area (Å²) in [6, 6.07) is 0.516. The van der Waals surface area contributed by atoms with Crippen LogP contribution in [0.2, 0.25) is 0 Å². The van der Waals surface area contributed by atoms with Gasteiger partial charge < -0.3 is 15.7 Å². The molecule has 0 bridgehead atoms. The van der Waals surface area contributed by atoms with Crippen LogP contribution in [0.1, 0.15) is 32.6 Å². The summed E-state index contributed by atoms with van der Waals surface area (Å²) in [4.78, 5) is 0. The lowest BCUT2D eigenvalue weighted by Crippen LogP contribution is -2.46. The van der Waals surface area contributed by atoms with Crippen LogP contribution in [0.15, 0.2) is 0 Å². The monoisotopic (exact) mass is 216 g/mol. The summed E-state index contributed by atoms with van der Waals surface area (Å²) in [5.41, 5.74) is 0. The van der Waals surface area contributed by atoms with E-state index < -0.39 is 0 Å². The summed E-state index contributed by atoms with van der Waals surface area (Å²) in [5, 5.41) is 15.6. The number of thiocarbonyl (C=S) groups is 1. The molecule has 4 heteroatoms. The van der Waals surface area contributed by atoms with Crippen LogP contribution >= 0.6 is 12.2 Å². The standard InChI is InChI=1S/C10H20N2OS/c1-8-4-2-3-5-9(8)12-10(14)11-6-7-13/h8-9,13H,2-7H2,1H3,(H2,11,12,14)/t8-,9-/m1/s1. The van der Waals surface area contributed by atoms with Crippen molar-refractivity contribution in [1.29, 1.82) is 0 Å². The van der Waals surface area contributed by atoms with E-state index in [4.69, 9.17) is 17.3 Å². The van der Waals surface area contributed by atoms with E-state index in [-0.39, 0.29) is 6.61 Å². The fourth-order valence-corrected chi connectivity index (χ4v) is 2.17. The lowest BCUT2D eigenvalue weighted by Gasteiger charge is -2.30. The van der Waals surface area contributed by atoms with Crippen molar-refractivity contribution in [3.63, 3.8) is 0 Å². The Morgan fingerprint density at radius 3 is 2.79 bits per heavy atom. The highest BCUT2D eigenvalue weighted by molar-refractivity contribution is 7.80. The first kappa shape index (κ1) is 11.7. The van der Waals surface area contributed by atoms with Gasteiger partial charge in [-0.25, -0.2) is 0 Å². The van der Waals surface area contributed by atoms with Gasteiger partial charge in [-0.05, 0) is 31.0 Å². The summed E-state index contributed by atoms with van der Waals surface area (Å²) in [6.07, 6.45) is 5.14. The molecular weight excluding hydrogens is 196 g/mol. The van der Waals surface area contributed by atoms with E-state index in [1.165, 1.54) is 25.7 Å². The summed E-state index contributed by atoms with van der Waals surface area (Å²) in [7, 11) is 0. The van der Waals surface area contributed by atoms with Gasteiger partial charge in [0.1, 0.15) is 0 Å². The number of hydrogen-bond acceptors (Lipinski definition) is 2. The summed E-state index contributed by atoms with van der Waals surface area (Å²) in [5.74, 6) is 0.706. The van der Waals surface area contributed by atoms with Crippen molar-refractivity contribution in [2.75, 3.05) is 13.2 Å². The van der Waals surface area contributed by atoms with E-state index in [0.29, 0.717) is 23.6 Å². The average Bonchev–Trinajstić information content (AvgIpc) is 2.18. The Balaban J connectivity index is 2.23. The Bertz CT molecular complexity index is 187. The molecule has 0 radical (unpaired) electrons. The van der Waals surface area contributed by atoms with Crippen molar-refractivity contribution in [1.82, 2.24) is 10.6 Å². The zero-order valence-electron chi connectivity index (χ0n) is 8.75. The molecular formula is C10H20N2OS. The highest BCUT2D eigenvalue weighted by atomic mass is 32.1. The molecule has 0 heterocycles. The lowest BCUT2D eigenvalue weighted by molar-refractivity contribution is 0.295. The molecule has 0 aliphatic heterocycles. The van der Waals surface area contributed by atoms with Crippen LogP contribution in [0, 0.1) is 5.92 Å². The zero-order valence-corrected chi connectivity index (χ0v) is 9.57. The maximum absolute atomic E-state index is 8.62. The van der Waals surface area contributed by atoms with E-state index in [1.54, 1.807) is 0 Å². The van der Waals surface area contributed by atoms with E-state index in [0.717, 1.165) is 0 Å². The highest BCUT2D eigenvalue weighted by Gasteiger charge is 2.21. The number of hydrogen-bond donors (Lipinski definition) is 3. The van der Waals surface area contributed by atoms with Gasteiger partial charge in [-0.3, -0.25) is 0 Å². The fraction of sp³-hybridized carbons (Fsp3) is 0.900. The van der Waals surface area contributed by atoms with Gasteiger partial charge in [0.05, 0.1) is 6.61 Å². The first-order valence-corrected chi connectivity index (χ1v) is 5.80. The minimum absolute atomic E-state index is 0.127. The number of rotatable bonds is 3. The van der Waals surface area contributed by atoms with Gasteiger partial charge in [0.2, 0.25) is 0 Å². The molecule has 0 spiro atoms. The van der Waals surface area contributed by atoms with Gasteiger partial charge in [-0.2, -0.15) is 0 Å². The Kier molecular flexibility index (Phi) is 5.19. The van der Waals surface area contributed by atoms with Crippen LogP contribution < -0.4 is 10.6 Å². The van der Waals surface area contributed by atoms with E-state index >= 15 is 0 Å². The molecule has 1 saturated carbocycles. The van der Waals surface area contributed by atoms with E-state index in [9.17, 15) is 0 Å². The Morgan fingerprint density at radius 2 is 2.14 bits per heavy atom. The number of nitrogens with one attached hydrogen (secondary N) is 2. The van der Waals surface area contributed by atoms with Crippen LogP contribution in [-0.2, 0) is 0 Å². The average molecular weight is 216 g/mol. The smallest absolute Gasteiger partial charge is 0.166 e. The van der Waals surface area contributed by atoms with Crippen LogP contribution in [0.5, 0.6) is 0 Å². The zero-order chi connectivity index (χ0) is 10.4. The predicted molar refractivity (Wildman–Crippen MR) is 62.2 cm³/mol. The molecule has 1 aliphatic carbocycles. The molecule has 3 nitrogen and oxygen atoms in total.